The predicted octanol–water partition coefficient (Wildman–Crippen LogP) is 5.88. The fraction of sp³-hybridized carbons (Fsp3) is 0.154. The highest BCUT2D eigenvalue weighted by Crippen LogP contribution is 2.34. The maximum Gasteiger partial charge on any atom is 0.226 e. The van der Waals surface area contributed by atoms with Crippen molar-refractivity contribution in [2.75, 3.05) is 5.32 Å². The summed E-state index contributed by atoms with van der Waals surface area (Å²) in [5, 5.41) is 3.06. The van der Waals surface area contributed by atoms with E-state index < -0.39 is 0 Å². The topological polar surface area (TPSA) is 49.4 Å². The number of para-hydroxylation sites is 1. The first-order valence-corrected chi connectivity index (χ1v) is 11.2. The van der Waals surface area contributed by atoms with Gasteiger partial charge in [0, 0.05) is 23.8 Å². The molecule has 0 fully saturated rings. The predicted molar refractivity (Wildman–Crippen MR) is 126 cm³/mol. The highest BCUT2D eigenvalue weighted by molar-refractivity contribution is 7.98. The molecular weight excluding hydrogens is 404 g/mol. The number of carbonyl (C=O) groups excluding carboxylic acids is 2. The molecular formula is C26H24N2O2S. The minimum atomic E-state index is -0.317. The van der Waals surface area contributed by atoms with Crippen molar-refractivity contribution in [1.29, 1.82) is 0 Å². The quantitative estimate of drug-likeness (QED) is 0.499. The minimum Gasteiger partial charge on any atom is -0.325 e. The second kappa shape index (κ2) is 9.67. The van der Waals surface area contributed by atoms with E-state index in [1.165, 1.54) is 12.5 Å². The van der Waals surface area contributed by atoms with Crippen LogP contribution < -0.4 is 5.32 Å². The van der Waals surface area contributed by atoms with Gasteiger partial charge in [-0.25, -0.2) is 0 Å². The molecule has 0 aromatic heterocycles. The van der Waals surface area contributed by atoms with Crippen LogP contribution in [0.3, 0.4) is 0 Å². The van der Waals surface area contributed by atoms with Gasteiger partial charge in [0.05, 0.1) is 18.2 Å². The van der Waals surface area contributed by atoms with Crippen molar-refractivity contribution in [3.63, 3.8) is 0 Å². The Morgan fingerprint density at radius 2 is 1.65 bits per heavy atom. The summed E-state index contributed by atoms with van der Waals surface area (Å²) in [6.07, 6.45) is 3.88. The maximum atomic E-state index is 13.0. The van der Waals surface area contributed by atoms with Crippen LogP contribution in [0.2, 0.25) is 0 Å². The highest BCUT2D eigenvalue weighted by Gasteiger charge is 2.28. The van der Waals surface area contributed by atoms with Gasteiger partial charge in [0.1, 0.15) is 0 Å². The van der Waals surface area contributed by atoms with Crippen LogP contribution in [0.25, 0.3) is 6.08 Å². The van der Waals surface area contributed by atoms with Gasteiger partial charge in [0.15, 0.2) is 0 Å². The summed E-state index contributed by atoms with van der Waals surface area (Å²) in [6, 6.07) is 25.7. The number of anilines is 1. The third-order valence-electron chi connectivity index (χ3n) is 5.25. The largest absolute Gasteiger partial charge is 0.325 e. The molecule has 1 aliphatic rings. The van der Waals surface area contributed by atoms with E-state index in [1.54, 1.807) is 22.9 Å². The van der Waals surface area contributed by atoms with Crippen molar-refractivity contribution in [3.05, 3.63) is 102 Å². The summed E-state index contributed by atoms with van der Waals surface area (Å²) in [6.45, 7) is 1.53. The molecule has 1 atom stereocenters. The van der Waals surface area contributed by atoms with Crippen molar-refractivity contribution in [2.45, 2.75) is 30.0 Å². The second-order valence-corrected chi connectivity index (χ2v) is 8.43. The van der Waals surface area contributed by atoms with Gasteiger partial charge in [-0.05, 0) is 34.9 Å². The summed E-state index contributed by atoms with van der Waals surface area (Å²) < 4.78 is 0. The van der Waals surface area contributed by atoms with E-state index in [2.05, 4.69) is 17.4 Å². The standard InChI is InChI=1S/C26H24N2O2S/c1-19(29)28-16-15-21-11-5-6-12-22(21)24(28)17-26(30)27-23-13-7-8-14-25(23)31-18-20-9-3-2-4-10-20/h2-16,24H,17-18H2,1H3,(H,27,30)/t24-/m1/s1. The third kappa shape index (κ3) is 5.06. The molecule has 0 saturated heterocycles. The van der Waals surface area contributed by atoms with E-state index in [9.17, 15) is 9.59 Å². The first-order chi connectivity index (χ1) is 15.1. The molecule has 2 amide bonds. The number of benzene rings is 3. The van der Waals surface area contributed by atoms with Gasteiger partial charge in [-0.1, -0.05) is 66.7 Å². The number of carbonyl (C=O) groups is 2. The fourth-order valence-corrected chi connectivity index (χ4v) is 4.69. The van der Waals surface area contributed by atoms with Crippen molar-refractivity contribution in [1.82, 2.24) is 4.90 Å². The van der Waals surface area contributed by atoms with Crippen molar-refractivity contribution in [3.8, 4) is 0 Å². The van der Waals surface area contributed by atoms with Crippen LogP contribution in [0.4, 0.5) is 5.69 Å². The van der Waals surface area contributed by atoms with Crippen LogP contribution in [0.5, 0.6) is 0 Å². The lowest BCUT2D eigenvalue weighted by Crippen LogP contribution is -2.33. The first kappa shape index (κ1) is 20.9. The zero-order chi connectivity index (χ0) is 21.6. The first-order valence-electron chi connectivity index (χ1n) is 10.2. The number of amides is 2. The van der Waals surface area contributed by atoms with Crippen LogP contribution in [0.15, 0.2) is 90.0 Å². The summed E-state index contributed by atoms with van der Waals surface area (Å²) in [5.74, 6) is 0.628. The molecule has 4 nitrogen and oxygen atoms in total. The Bertz CT molecular complexity index is 1110. The van der Waals surface area contributed by atoms with Gasteiger partial charge in [0.25, 0.3) is 0 Å². The fourth-order valence-electron chi connectivity index (χ4n) is 3.72. The number of thioether (sulfide) groups is 1. The highest BCUT2D eigenvalue weighted by atomic mass is 32.2. The lowest BCUT2D eigenvalue weighted by atomic mass is 9.93. The minimum absolute atomic E-state index is 0.0811. The average molecular weight is 429 g/mol. The Morgan fingerprint density at radius 3 is 2.45 bits per heavy atom. The molecule has 0 aliphatic carbocycles. The smallest absolute Gasteiger partial charge is 0.226 e. The molecule has 5 heteroatoms. The zero-order valence-electron chi connectivity index (χ0n) is 17.3. The molecule has 1 aliphatic heterocycles. The van der Waals surface area contributed by atoms with Gasteiger partial charge < -0.3 is 10.2 Å². The zero-order valence-corrected chi connectivity index (χ0v) is 18.1. The molecule has 0 bridgehead atoms. The van der Waals surface area contributed by atoms with Gasteiger partial charge in [-0.2, -0.15) is 0 Å². The average Bonchev–Trinajstić information content (AvgIpc) is 2.79. The van der Waals surface area contributed by atoms with E-state index in [-0.39, 0.29) is 24.3 Å². The number of rotatable bonds is 6. The Labute approximate surface area is 187 Å². The number of hydrogen-bond donors (Lipinski definition) is 1. The Kier molecular flexibility index (Phi) is 6.53. The van der Waals surface area contributed by atoms with E-state index in [0.717, 1.165) is 27.5 Å². The molecule has 1 N–H and O–H groups in total. The van der Waals surface area contributed by atoms with E-state index in [1.807, 2.05) is 72.8 Å². The van der Waals surface area contributed by atoms with Crippen LogP contribution >= 0.6 is 11.8 Å². The van der Waals surface area contributed by atoms with Gasteiger partial charge >= 0.3 is 0 Å². The molecule has 0 radical (unpaired) electrons. The lowest BCUT2D eigenvalue weighted by molar-refractivity contribution is -0.129. The molecule has 0 unspecified atom stereocenters. The number of nitrogens with one attached hydrogen (secondary N) is 1. The Morgan fingerprint density at radius 1 is 0.935 bits per heavy atom. The molecule has 31 heavy (non-hydrogen) atoms. The van der Waals surface area contributed by atoms with E-state index in [4.69, 9.17) is 0 Å². The number of hydrogen-bond acceptors (Lipinski definition) is 3. The third-order valence-corrected chi connectivity index (χ3v) is 6.39. The van der Waals surface area contributed by atoms with Gasteiger partial charge in [-0.15, -0.1) is 11.8 Å². The number of fused-ring (bicyclic) bond motifs is 1. The molecule has 0 saturated carbocycles. The molecule has 3 aromatic carbocycles. The molecule has 156 valence electrons. The van der Waals surface area contributed by atoms with Crippen LogP contribution in [-0.2, 0) is 15.3 Å². The van der Waals surface area contributed by atoms with Crippen molar-refractivity contribution in [2.24, 2.45) is 0 Å². The SMILES string of the molecule is CC(=O)N1C=Cc2ccccc2[C@H]1CC(=O)Nc1ccccc1SCc1ccccc1. The molecule has 4 rings (SSSR count). The summed E-state index contributed by atoms with van der Waals surface area (Å²) in [7, 11) is 0. The number of nitrogens with zero attached hydrogens (tertiary/aromatic N) is 1. The van der Waals surface area contributed by atoms with E-state index in [0.29, 0.717) is 0 Å². The Balaban J connectivity index is 1.48. The van der Waals surface area contributed by atoms with Crippen LogP contribution in [0, 0.1) is 0 Å². The van der Waals surface area contributed by atoms with Crippen molar-refractivity contribution >= 4 is 35.3 Å². The summed E-state index contributed by atoms with van der Waals surface area (Å²) in [5.41, 5.74) is 4.05. The lowest BCUT2D eigenvalue weighted by Gasteiger charge is -2.32. The van der Waals surface area contributed by atoms with Crippen molar-refractivity contribution < 1.29 is 9.59 Å². The Hall–Kier alpha value is -3.31. The van der Waals surface area contributed by atoms with Gasteiger partial charge in [-0.3, -0.25) is 9.59 Å². The monoisotopic (exact) mass is 428 g/mol. The van der Waals surface area contributed by atoms with E-state index >= 15 is 0 Å². The summed E-state index contributed by atoms with van der Waals surface area (Å²) >= 11 is 1.69. The van der Waals surface area contributed by atoms with Gasteiger partial charge in [0.2, 0.25) is 11.8 Å². The van der Waals surface area contributed by atoms with Crippen LogP contribution in [-0.4, -0.2) is 16.7 Å². The maximum absolute atomic E-state index is 13.0. The summed E-state index contributed by atoms with van der Waals surface area (Å²) in [4.78, 5) is 27.8. The molecule has 0 spiro atoms. The second-order valence-electron chi connectivity index (χ2n) is 7.41. The van der Waals surface area contributed by atoms with Crippen LogP contribution in [0.1, 0.15) is 36.1 Å². The normalized spacial score (nSPS) is 14.7. The molecule has 1 heterocycles. The molecule has 3 aromatic rings.